The third-order valence-electron chi connectivity index (χ3n) is 3.91. The van der Waals surface area contributed by atoms with Gasteiger partial charge in [0.15, 0.2) is 11.6 Å². The first-order valence-electron chi connectivity index (χ1n) is 8.02. The van der Waals surface area contributed by atoms with E-state index in [9.17, 15) is 4.79 Å². The highest BCUT2D eigenvalue weighted by Gasteiger charge is 2.16. The highest BCUT2D eigenvalue weighted by Crippen LogP contribution is 2.26. The van der Waals surface area contributed by atoms with Crippen molar-refractivity contribution in [1.82, 2.24) is 15.4 Å². The maximum atomic E-state index is 11.9. The number of urea groups is 1. The highest BCUT2D eigenvalue weighted by atomic mass is 16.5. The van der Waals surface area contributed by atoms with Crippen molar-refractivity contribution in [2.45, 2.75) is 20.0 Å². The fourth-order valence-electron chi connectivity index (χ4n) is 2.68. The van der Waals surface area contributed by atoms with Gasteiger partial charge in [0.1, 0.15) is 5.76 Å². The minimum atomic E-state index is -0.305. The smallest absolute Gasteiger partial charge is 0.320 e. The van der Waals surface area contributed by atoms with Crippen molar-refractivity contribution >= 4 is 11.8 Å². The first-order valence-corrected chi connectivity index (χ1v) is 8.02. The molecule has 1 aliphatic rings. The lowest BCUT2D eigenvalue weighted by atomic mass is 10.2. The molecule has 8 nitrogen and oxygen atoms in total. The van der Waals surface area contributed by atoms with Crippen LogP contribution in [0.2, 0.25) is 0 Å². The quantitative estimate of drug-likeness (QED) is 0.870. The summed E-state index contributed by atoms with van der Waals surface area (Å²) >= 11 is 0. The number of aryl methyl sites for hydroxylation is 1. The standard InChI is InChI=1S/C16H22N4O4/c1-11-10-20(6-8-22-11)5-4-17-16(21)18-15-9-14(24-19-15)13-3-7-23-12(13)2/h3,7,9,11H,4-6,8,10H2,1-2H3,(H2,17,18,19,21). The number of hydrogen-bond donors (Lipinski definition) is 2. The zero-order valence-electron chi connectivity index (χ0n) is 13.9. The summed E-state index contributed by atoms with van der Waals surface area (Å²) < 4.78 is 15.9. The number of amides is 2. The maximum Gasteiger partial charge on any atom is 0.320 e. The van der Waals surface area contributed by atoms with Crippen LogP contribution in [0.1, 0.15) is 12.7 Å². The molecular weight excluding hydrogens is 312 g/mol. The van der Waals surface area contributed by atoms with Gasteiger partial charge >= 0.3 is 6.03 Å². The first-order chi connectivity index (χ1) is 11.6. The molecular formula is C16H22N4O4. The largest absolute Gasteiger partial charge is 0.469 e. The van der Waals surface area contributed by atoms with Gasteiger partial charge in [-0.25, -0.2) is 4.79 Å². The summed E-state index contributed by atoms with van der Waals surface area (Å²) in [7, 11) is 0. The van der Waals surface area contributed by atoms with E-state index in [0.29, 0.717) is 18.1 Å². The van der Waals surface area contributed by atoms with E-state index in [1.165, 1.54) is 0 Å². The zero-order chi connectivity index (χ0) is 16.9. The van der Waals surface area contributed by atoms with Crippen LogP contribution in [-0.4, -0.2) is 55.0 Å². The number of carbonyl (C=O) groups is 1. The van der Waals surface area contributed by atoms with Crippen LogP contribution in [0.5, 0.6) is 0 Å². The van der Waals surface area contributed by atoms with Gasteiger partial charge in [-0.15, -0.1) is 0 Å². The molecule has 1 unspecified atom stereocenters. The second-order valence-corrected chi connectivity index (χ2v) is 5.83. The number of carbonyl (C=O) groups excluding carboxylic acids is 1. The molecule has 1 saturated heterocycles. The molecule has 0 aliphatic carbocycles. The number of morpholine rings is 1. The van der Waals surface area contributed by atoms with Gasteiger partial charge in [-0.1, -0.05) is 5.16 Å². The maximum absolute atomic E-state index is 11.9. The fraction of sp³-hybridized carbons (Fsp3) is 0.500. The minimum absolute atomic E-state index is 0.243. The Bertz CT molecular complexity index is 681. The summed E-state index contributed by atoms with van der Waals surface area (Å²) in [6, 6.07) is 3.16. The molecule has 8 heteroatoms. The number of ether oxygens (including phenoxy) is 1. The molecule has 0 saturated carbocycles. The van der Waals surface area contributed by atoms with Gasteiger partial charge in [0.2, 0.25) is 0 Å². The minimum Gasteiger partial charge on any atom is -0.469 e. The van der Waals surface area contributed by atoms with Crippen LogP contribution in [0.3, 0.4) is 0 Å². The molecule has 24 heavy (non-hydrogen) atoms. The molecule has 0 aromatic carbocycles. The van der Waals surface area contributed by atoms with E-state index < -0.39 is 0 Å². The number of furan rings is 1. The van der Waals surface area contributed by atoms with E-state index in [1.54, 1.807) is 18.4 Å². The van der Waals surface area contributed by atoms with Crippen molar-refractivity contribution in [2.75, 3.05) is 38.1 Å². The van der Waals surface area contributed by atoms with Crippen LogP contribution in [-0.2, 0) is 4.74 Å². The molecule has 1 atom stereocenters. The Morgan fingerprint density at radius 1 is 1.50 bits per heavy atom. The third-order valence-corrected chi connectivity index (χ3v) is 3.91. The molecule has 130 valence electrons. The SMILES string of the molecule is Cc1occc1-c1cc(NC(=O)NCCN2CCOC(C)C2)no1. The summed E-state index contributed by atoms with van der Waals surface area (Å²) in [5, 5.41) is 9.32. The lowest BCUT2D eigenvalue weighted by Gasteiger charge is -2.30. The van der Waals surface area contributed by atoms with Gasteiger partial charge in [0.25, 0.3) is 0 Å². The Kier molecular flexibility index (Phi) is 5.17. The summed E-state index contributed by atoms with van der Waals surface area (Å²) in [6.45, 7) is 7.76. The Hall–Kier alpha value is -2.32. The number of nitrogens with one attached hydrogen (secondary N) is 2. The summed E-state index contributed by atoms with van der Waals surface area (Å²) in [6.07, 6.45) is 1.83. The van der Waals surface area contributed by atoms with Crippen molar-refractivity contribution in [3.05, 3.63) is 24.2 Å². The first kappa shape index (κ1) is 16.5. The van der Waals surface area contributed by atoms with E-state index >= 15 is 0 Å². The second kappa shape index (κ2) is 7.50. The van der Waals surface area contributed by atoms with Gasteiger partial charge in [-0.05, 0) is 19.9 Å². The van der Waals surface area contributed by atoms with Crippen LogP contribution in [0.15, 0.2) is 27.3 Å². The molecule has 2 N–H and O–H groups in total. The van der Waals surface area contributed by atoms with Crippen LogP contribution < -0.4 is 10.6 Å². The Balaban J connectivity index is 1.44. The van der Waals surface area contributed by atoms with Crippen molar-refractivity contribution in [3.63, 3.8) is 0 Å². The molecule has 2 amide bonds. The number of anilines is 1. The number of nitrogens with zero attached hydrogens (tertiary/aromatic N) is 2. The summed E-state index contributed by atoms with van der Waals surface area (Å²) in [5.41, 5.74) is 0.817. The van der Waals surface area contributed by atoms with Crippen molar-refractivity contribution in [2.24, 2.45) is 0 Å². The lowest BCUT2D eigenvalue weighted by molar-refractivity contribution is -0.0174. The van der Waals surface area contributed by atoms with Crippen molar-refractivity contribution in [3.8, 4) is 11.3 Å². The molecule has 0 radical (unpaired) electrons. The predicted molar refractivity (Wildman–Crippen MR) is 87.8 cm³/mol. The molecule has 2 aromatic rings. The van der Waals surface area contributed by atoms with Crippen molar-refractivity contribution < 1.29 is 18.5 Å². The van der Waals surface area contributed by atoms with E-state index in [1.807, 2.05) is 6.92 Å². The lowest BCUT2D eigenvalue weighted by Crippen LogP contribution is -2.45. The summed E-state index contributed by atoms with van der Waals surface area (Å²) in [5.74, 6) is 1.66. The molecule has 0 spiro atoms. The number of hydrogen-bond acceptors (Lipinski definition) is 6. The third kappa shape index (κ3) is 4.15. The highest BCUT2D eigenvalue weighted by molar-refractivity contribution is 5.88. The second-order valence-electron chi connectivity index (χ2n) is 5.83. The van der Waals surface area contributed by atoms with Gasteiger partial charge in [0, 0.05) is 32.2 Å². The normalized spacial score (nSPS) is 18.5. The Morgan fingerprint density at radius 2 is 2.38 bits per heavy atom. The fourth-order valence-corrected chi connectivity index (χ4v) is 2.68. The molecule has 1 aliphatic heterocycles. The van der Waals surface area contributed by atoms with Crippen molar-refractivity contribution in [1.29, 1.82) is 0 Å². The van der Waals surface area contributed by atoms with E-state index in [-0.39, 0.29) is 12.1 Å². The van der Waals surface area contributed by atoms with E-state index in [4.69, 9.17) is 13.7 Å². The number of rotatable bonds is 5. The average Bonchev–Trinajstić information content (AvgIpc) is 3.16. The van der Waals surface area contributed by atoms with Crippen LogP contribution >= 0.6 is 0 Å². The topological polar surface area (TPSA) is 92.8 Å². The monoisotopic (exact) mass is 334 g/mol. The van der Waals surface area contributed by atoms with Gasteiger partial charge in [-0.2, -0.15) is 0 Å². The number of aromatic nitrogens is 1. The molecule has 3 heterocycles. The van der Waals surface area contributed by atoms with Gasteiger partial charge < -0.3 is 19.0 Å². The van der Waals surface area contributed by atoms with Crippen LogP contribution in [0.4, 0.5) is 10.6 Å². The molecule has 1 fully saturated rings. The average molecular weight is 334 g/mol. The van der Waals surface area contributed by atoms with Gasteiger partial charge in [0.05, 0.1) is 24.5 Å². The molecule has 2 aromatic heterocycles. The summed E-state index contributed by atoms with van der Waals surface area (Å²) in [4.78, 5) is 14.2. The zero-order valence-corrected chi connectivity index (χ0v) is 13.9. The Labute approximate surface area is 140 Å². The van der Waals surface area contributed by atoms with E-state index in [2.05, 4.69) is 27.6 Å². The molecule has 0 bridgehead atoms. The van der Waals surface area contributed by atoms with E-state index in [0.717, 1.165) is 37.6 Å². The Morgan fingerprint density at radius 3 is 3.12 bits per heavy atom. The van der Waals surface area contributed by atoms with Crippen LogP contribution in [0, 0.1) is 6.92 Å². The van der Waals surface area contributed by atoms with Gasteiger partial charge in [-0.3, -0.25) is 10.2 Å². The predicted octanol–water partition coefficient (Wildman–Crippen LogP) is 2.09. The molecule has 3 rings (SSSR count). The van der Waals surface area contributed by atoms with Crippen LogP contribution in [0.25, 0.3) is 11.3 Å².